The Bertz CT molecular complexity index is 281. The lowest BCUT2D eigenvalue weighted by Crippen LogP contribution is -2.47. The molecule has 4 nitrogen and oxygen atoms in total. The summed E-state index contributed by atoms with van der Waals surface area (Å²) in [6, 6.07) is -0.107. The molecule has 0 heterocycles. The van der Waals surface area contributed by atoms with Gasteiger partial charge in [-0.25, -0.2) is 0 Å². The predicted octanol–water partition coefficient (Wildman–Crippen LogP) is 1.42. The van der Waals surface area contributed by atoms with Gasteiger partial charge < -0.3 is 16.2 Å². The normalized spacial score (nSPS) is 30.2. The molecule has 0 radical (unpaired) electrons. The molecule has 1 saturated carbocycles. The van der Waals surface area contributed by atoms with Gasteiger partial charge in [0.05, 0.1) is 5.60 Å². The van der Waals surface area contributed by atoms with Gasteiger partial charge in [0, 0.05) is 19.0 Å². The lowest BCUT2D eigenvalue weighted by molar-refractivity contribution is -0.123. The van der Waals surface area contributed by atoms with Crippen LogP contribution in [0.5, 0.6) is 0 Å². The Balaban J connectivity index is 2.33. The maximum absolute atomic E-state index is 11.7. The van der Waals surface area contributed by atoms with Gasteiger partial charge in [-0.15, -0.1) is 0 Å². The largest absolute Gasteiger partial charge is 0.388 e. The summed E-state index contributed by atoms with van der Waals surface area (Å²) in [7, 11) is 0. The highest BCUT2D eigenvalue weighted by molar-refractivity contribution is 5.76. The summed E-state index contributed by atoms with van der Waals surface area (Å²) in [6.07, 6.45) is 4.12. The minimum Gasteiger partial charge on any atom is -0.388 e. The third-order valence-corrected chi connectivity index (χ3v) is 3.96. The summed E-state index contributed by atoms with van der Waals surface area (Å²) in [6.45, 7) is 6.53. The molecular formula is C14H28N2O2. The molecule has 4 N–H and O–H groups in total. The molecule has 3 atom stereocenters. The van der Waals surface area contributed by atoms with Gasteiger partial charge in [-0.1, -0.05) is 33.6 Å². The Morgan fingerprint density at radius 1 is 1.56 bits per heavy atom. The summed E-state index contributed by atoms with van der Waals surface area (Å²) in [4.78, 5) is 11.7. The number of hydrogen-bond acceptors (Lipinski definition) is 3. The lowest BCUT2D eigenvalue weighted by Gasteiger charge is -2.35. The number of rotatable bonds is 5. The van der Waals surface area contributed by atoms with Gasteiger partial charge in [0.25, 0.3) is 0 Å². The number of nitrogens with one attached hydrogen (secondary N) is 1. The number of aliphatic hydroxyl groups is 1. The average Bonchev–Trinajstić information content (AvgIpc) is 2.26. The first-order valence-corrected chi connectivity index (χ1v) is 7.07. The number of nitrogens with two attached hydrogens (primary N) is 1. The highest BCUT2D eigenvalue weighted by Gasteiger charge is 2.32. The van der Waals surface area contributed by atoms with Crippen molar-refractivity contribution in [2.75, 3.05) is 6.54 Å². The molecule has 1 aliphatic rings. The highest BCUT2D eigenvalue weighted by Crippen LogP contribution is 2.31. The number of amides is 1. The smallest absolute Gasteiger partial charge is 0.221 e. The van der Waals surface area contributed by atoms with E-state index in [1.165, 1.54) is 6.42 Å². The van der Waals surface area contributed by atoms with Crippen LogP contribution in [0.25, 0.3) is 0 Å². The minimum atomic E-state index is -0.713. The Labute approximate surface area is 110 Å². The van der Waals surface area contributed by atoms with Crippen LogP contribution in [-0.4, -0.2) is 29.2 Å². The lowest BCUT2D eigenvalue weighted by atomic mass is 9.79. The predicted molar refractivity (Wildman–Crippen MR) is 73.0 cm³/mol. The second kappa shape index (κ2) is 6.53. The van der Waals surface area contributed by atoms with Crippen molar-refractivity contribution in [2.45, 2.75) is 64.5 Å². The highest BCUT2D eigenvalue weighted by atomic mass is 16.3. The van der Waals surface area contributed by atoms with Crippen LogP contribution in [0.1, 0.15) is 52.9 Å². The van der Waals surface area contributed by atoms with Gasteiger partial charge in [0.1, 0.15) is 0 Å². The molecule has 0 bridgehead atoms. The third-order valence-electron chi connectivity index (χ3n) is 3.96. The van der Waals surface area contributed by atoms with Gasteiger partial charge >= 0.3 is 0 Å². The van der Waals surface area contributed by atoms with Crippen LogP contribution in [0.3, 0.4) is 0 Å². The van der Waals surface area contributed by atoms with E-state index in [1.54, 1.807) is 0 Å². The molecule has 0 aromatic rings. The minimum absolute atomic E-state index is 0.0529. The van der Waals surface area contributed by atoms with E-state index in [0.29, 0.717) is 24.8 Å². The Hall–Kier alpha value is -0.610. The zero-order valence-corrected chi connectivity index (χ0v) is 11.9. The maximum atomic E-state index is 11.7. The van der Waals surface area contributed by atoms with Crippen molar-refractivity contribution in [2.24, 2.45) is 17.6 Å². The zero-order chi connectivity index (χ0) is 13.8. The number of carbonyl (C=O) groups is 1. The van der Waals surface area contributed by atoms with E-state index in [4.69, 9.17) is 5.73 Å². The van der Waals surface area contributed by atoms with E-state index < -0.39 is 5.60 Å². The first kappa shape index (κ1) is 15.4. The van der Waals surface area contributed by atoms with Gasteiger partial charge in [0.2, 0.25) is 5.91 Å². The second-order valence-electron chi connectivity index (χ2n) is 6.31. The van der Waals surface area contributed by atoms with Crippen LogP contribution in [0, 0.1) is 11.8 Å². The zero-order valence-electron chi connectivity index (χ0n) is 11.9. The van der Waals surface area contributed by atoms with Crippen LogP contribution < -0.4 is 11.1 Å². The van der Waals surface area contributed by atoms with Crippen molar-refractivity contribution >= 4 is 5.91 Å². The average molecular weight is 256 g/mol. The molecule has 1 aliphatic carbocycles. The fourth-order valence-corrected chi connectivity index (χ4v) is 2.58. The molecular weight excluding hydrogens is 228 g/mol. The maximum Gasteiger partial charge on any atom is 0.221 e. The summed E-state index contributed by atoms with van der Waals surface area (Å²) in [5.41, 5.74) is 5.14. The van der Waals surface area contributed by atoms with Crippen molar-refractivity contribution in [3.8, 4) is 0 Å². The third kappa shape index (κ3) is 4.94. The molecule has 0 aromatic carbocycles. The second-order valence-corrected chi connectivity index (χ2v) is 6.31. The summed E-state index contributed by atoms with van der Waals surface area (Å²) in [5.74, 6) is 0.787. The summed E-state index contributed by atoms with van der Waals surface area (Å²) < 4.78 is 0. The number of carbonyl (C=O) groups excluding carboxylic acids is 1. The molecule has 0 saturated heterocycles. The SMILES string of the molecule is CC1CCCC(O)(CNC(=O)CC(N)C(C)C)C1. The van der Waals surface area contributed by atoms with E-state index in [0.717, 1.165) is 19.3 Å². The van der Waals surface area contributed by atoms with Gasteiger partial charge in [-0.3, -0.25) is 4.79 Å². The Kier molecular flexibility index (Phi) is 5.60. The quantitative estimate of drug-likeness (QED) is 0.696. The van der Waals surface area contributed by atoms with Crippen LogP contribution >= 0.6 is 0 Å². The molecule has 18 heavy (non-hydrogen) atoms. The topological polar surface area (TPSA) is 75.3 Å². The van der Waals surface area contributed by atoms with Crippen LogP contribution in [0.15, 0.2) is 0 Å². The molecule has 0 aromatic heterocycles. The van der Waals surface area contributed by atoms with Crippen LogP contribution in [-0.2, 0) is 4.79 Å². The van der Waals surface area contributed by atoms with E-state index in [2.05, 4.69) is 12.2 Å². The van der Waals surface area contributed by atoms with Crippen LogP contribution in [0.2, 0.25) is 0 Å². The molecule has 0 spiro atoms. The van der Waals surface area contributed by atoms with Gasteiger partial charge in [0.15, 0.2) is 0 Å². The fourth-order valence-electron chi connectivity index (χ4n) is 2.58. The first-order valence-electron chi connectivity index (χ1n) is 7.07. The molecule has 1 fully saturated rings. The van der Waals surface area contributed by atoms with Gasteiger partial charge in [-0.05, 0) is 24.7 Å². The van der Waals surface area contributed by atoms with E-state index in [-0.39, 0.29) is 11.9 Å². The summed E-state index contributed by atoms with van der Waals surface area (Å²) in [5, 5.41) is 13.2. The van der Waals surface area contributed by atoms with Crippen molar-refractivity contribution in [3.05, 3.63) is 0 Å². The molecule has 1 rings (SSSR count). The first-order chi connectivity index (χ1) is 8.32. The van der Waals surface area contributed by atoms with Crippen molar-refractivity contribution < 1.29 is 9.90 Å². The van der Waals surface area contributed by atoms with Crippen molar-refractivity contribution in [1.82, 2.24) is 5.32 Å². The molecule has 1 amide bonds. The molecule has 3 unspecified atom stereocenters. The molecule has 106 valence electrons. The van der Waals surface area contributed by atoms with E-state index in [9.17, 15) is 9.90 Å². The van der Waals surface area contributed by atoms with E-state index >= 15 is 0 Å². The fraction of sp³-hybridized carbons (Fsp3) is 0.929. The van der Waals surface area contributed by atoms with Crippen LogP contribution in [0.4, 0.5) is 0 Å². The van der Waals surface area contributed by atoms with Crippen molar-refractivity contribution in [1.29, 1.82) is 0 Å². The Morgan fingerprint density at radius 3 is 2.78 bits per heavy atom. The van der Waals surface area contributed by atoms with Gasteiger partial charge in [-0.2, -0.15) is 0 Å². The Morgan fingerprint density at radius 2 is 2.22 bits per heavy atom. The summed E-state index contributed by atoms with van der Waals surface area (Å²) >= 11 is 0. The monoisotopic (exact) mass is 256 g/mol. The van der Waals surface area contributed by atoms with Crippen molar-refractivity contribution in [3.63, 3.8) is 0 Å². The molecule has 4 heteroatoms. The molecule has 0 aliphatic heterocycles. The van der Waals surface area contributed by atoms with E-state index in [1.807, 2.05) is 13.8 Å². The standard InChI is InChI=1S/C14H28N2O2/c1-10(2)12(15)7-13(17)16-9-14(18)6-4-5-11(3)8-14/h10-12,18H,4-9,15H2,1-3H3,(H,16,17). The number of hydrogen-bond donors (Lipinski definition) is 3.